The molecule has 0 fully saturated rings. The van der Waals surface area contributed by atoms with Crippen molar-refractivity contribution in [3.05, 3.63) is 60.2 Å². The number of benzene rings is 2. The molecule has 0 aliphatic rings. The van der Waals surface area contributed by atoms with Gasteiger partial charge in [0.2, 0.25) is 5.96 Å². The number of amides is 1. The van der Waals surface area contributed by atoms with Crippen LogP contribution in [0.15, 0.2) is 59.6 Å². The number of aliphatic imine (C=N–C) groups is 1. The van der Waals surface area contributed by atoms with Crippen molar-refractivity contribution in [2.45, 2.75) is 6.61 Å². The lowest BCUT2D eigenvalue weighted by Crippen LogP contribution is -2.36. The minimum Gasteiger partial charge on any atom is -0.497 e. The molecule has 0 aromatic heterocycles. The molecule has 0 spiro atoms. The van der Waals surface area contributed by atoms with Crippen LogP contribution in [0.1, 0.15) is 5.56 Å². The molecule has 2 aromatic rings. The average molecular weight is 299 g/mol. The van der Waals surface area contributed by atoms with E-state index in [0.717, 1.165) is 5.56 Å². The fourth-order valence-electron chi connectivity index (χ4n) is 1.69. The fourth-order valence-corrected chi connectivity index (χ4v) is 1.69. The second kappa shape index (κ2) is 7.68. The standard InChI is InChI=1S/C16H17N3O3/c1-21-14-9-7-13(8-10-14)18-15(17)19-16(20)22-11-12-5-3-2-4-6-12/h2-10H,11H2,1H3,(H3,17,18,19,20). The van der Waals surface area contributed by atoms with E-state index in [9.17, 15) is 4.79 Å². The van der Waals surface area contributed by atoms with Crippen molar-refractivity contribution in [1.82, 2.24) is 5.32 Å². The molecular weight excluding hydrogens is 282 g/mol. The van der Waals surface area contributed by atoms with Crippen LogP contribution in [0.3, 0.4) is 0 Å². The molecule has 0 heterocycles. The number of carbonyl (C=O) groups is 1. The number of alkyl carbamates (subject to hydrolysis) is 1. The zero-order valence-electron chi connectivity index (χ0n) is 12.2. The molecule has 0 saturated heterocycles. The van der Waals surface area contributed by atoms with Crippen molar-refractivity contribution < 1.29 is 14.3 Å². The van der Waals surface area contributed by atoms with Crippen LogP contribution in [-0.4, -0.2) is 19.2 Å². The summed E-state index contributed by atoms with van der Waals surface area (Å²) >= 11 is 0. The summed E-state index contributed by atoms with van der Waals surface area (Å²) in [6.45, 7) is 0.169. The maximum absolute atomic E-state index is 11.6. The molecule has 0 atom stereocenters. The number of carbonyl (C=O) groups excluding carboxylic acids is 1. The van der Waals surface area contributed by atoms with Gasteiger partial charge in [-0.1, -0.05) is 30.3 Å². The highest BCUT2D eigenvalue weighted by atomic mass is 16.5. The van der Waals surface area contributed by atoms with Crippen molar-refractivity contribution in [3.8, 4) is 5.75 Å². The van der Waals surface area contributed by atoms with E-state index < -0.39 is 6.09 Å². The molecule has 0 saturated carbocycles. The molecule has 114 valence electrons. The van der Waals surface area contributed by atoms with E-state index in [-0.39, 0.29) is 12.6 Å². The van der Waals surface area contributed by atoms with Gasteiger partial charge in [-0.25, -0.2) is 9.79 Å². The summed E-state index contributed by atoms with van der Waals surface area (Å²) in [6.07, 6.45) is -0.654. The van der Waals surface area contributed by atoms with Crippen LogP contribution in [-0.2, 0) is 11.3 Å². The van der Waals surface area contributed by atoms with E-state index in [0.29, 0.717) is 11.4 Å². The summed E-state index contributed by atoms with van der Waals surface area (Å²) in [5.74, 6) is 0.677. The molecule has 22 heavy (non-hydrogen) atoms. The molecular formula is C16H17N3O3. The van der Waals surface area contributed by atoms with Gasteiger partial charge in [-0.15, -0.1) is 0 Å². The first-order valence-electron chi connectivity index (χ1n) is 6.63. The zero-order chi connectivity index (χ0) is 15.8. The topological polar surface area (TPSA) is 85.9 Å². The number of hydrogen-bond acceptors (Lipinski definition) is 4. The Hall–Kier alpha value is -3.02. The lowest BCUT2D eigenvalue weighted by Gasteiger charge is -2.06. The van der Waals surface area contributed by atoms with Gasteiger partial charge in [0.05, 0.1) is 12.8 Å². The highest BCUT2D eigenvalue weighted by molar-refractivity contribution is 5.94. The fraction of sp³-hybridized carbons (Fsp3) is 0.125. The summed E-state index contributed by atoms with van der Waals surface area (Å²) in [5, 5.41) is 2.36. The molecule has 0 radical (unpaired) electrons. The maximum Gasteiger partial charge on any atom is 0.414 e. The van der Waals surface area contributed by atoms with Gasteiger partial charge in [0.25, 0.3) is 0 Å². The minimum absolute atomic E-state index is 0.0387. The third kappa shape index (κ3) is 4.82. The number of methoxy groups -OCH3 is 1. The summed E-state index contributed by atoms with van der Waals surface area (Å²) < 4.78 is 10.1. The number of nitrogens with two attached hydrogens (primary N) is 1. The van der Waals surface area contributed by atoms with Crippen molar-refractivity contribution >= 4 is 17.7 Å². The first-order valence-corrected chi connectivity index (χ1v) is 6.63. The van der Waals surface area contributed by atoms with Crippen LogP contribution in [0.2, 0.25) is 0 Å². The number of guanidine groups is 1. The first-order chi connectivity index (χ1) is 10.7. The van der Waals surface area contributed by atoms with Gasteiger partial charge in [0.15, 0.2) is 0 Å². The highest BCUT2D eigenvalue weighted by Gasteiger charge is 2.04. The smallest absolute Gasteiger partial charge is 0.414 e. The van der Waals surface area contributed by atoms with Gasteiger partial charge in [-0.05, 0) is 29.8 Å². The van der Waals surface area contributed by atoms with E-state index in [1.54, 1.807) is 31.4 Å². The molecule has 1 amide bonds. The Bertz CT molecular complexity index is 639. The second-order valence-electron chi connectivity index (χ2n) is 4.38. The normalized spacial score (nSPS) is 10.9. The highest BCUT2D eigenvalue weighted by Crippen LogP contribution is 2.17. The SMILES string of the molecule is COc1ccc(N=C(N)NC(=O)OCc2ccccc2)cc1. The third-order valence-electron chi connectivity index (χ3n) is 2.76. The summed E-state index contributed by atoms with van der Waals surface area (Å²) in [6, 6.07) is 16.3. The van der Waals surface area contributed by atoms with Crippen LogP contribution >= 0.6 is 0 Å². The van der Waals surface area contributed by atoms with Crippen molar-refractivity contribution in [2.75, 3.05) is 7.11 Å². The summed E-state index contributed by atoms with van der Waals surface area (Å²) in [4.78, 5) is 15.7. The van der Waals surface area contributed by atoms with Crippen LogP contribution in [0.25, 0.3) is 0 Å². The number of nitrogens with zero attached hydrogens (tertiary/aromatic N) is 1. The monoisotopic (exact) mass is 299 g/mol. The number of hydrogen-bond donors (Lipinski definition) is 2. The number of ether oxygens (including phenoxy) is 2. The van der Waals surface area contributed by atoms with E-state index in [4.69, 9.17) is 15.2 Å². The molecule has 3 N–H and O–H groups in total. The van der Waals surface area contributed by atoms with Gasteiger partial charge in [0.1, 0.15) is 12.4 Å². The Labute approximate surface area is 128 Å². The number of rotatable bonds is 4. The molecule has 0 unspecified atom stereocenters. The van der Waals surface area contributed by atoms with Crippen molar-refractivity contribution in [1.29, 1.82) is 0 Å². The van der Waals surface area contributed by atoms with Crippen LogP contribution < -0.4 is 15.8 Å². The lowest BCUT2D eigenvalue weighted by atomic mass is 10.2. The van der Waals surface area contributed by atoms with Crippen molar-refractivity contribution in [3.63, 3.8) is 0 Å². The molecule has 2 rings (SSSR count). The predicted molar refractivity (Wildman–Crippen MR) is 84.0 cm³/mol. The largest absolute Gasteiger partial charge is 0.497 e. The Balaban J connectivity index is 1.85. The van der Waals surface area contributed by atoms with E-state index in [1.165, 1.54) is 0 Å². The Kier molecular flexibility index (Phi) is 5.37. The second-order valence-corrected chi connectivity index (χ2v) is 4.38. The van der Waals surface area contributed by atoms with Gasteiger partial charge >= 0.3 is 6.09 Å². The molecule has 0 bridgehead atoms. The Morgan fingerprint density at radius 2 is 1.82 bits per heavy atom. The number of nitrogens with one attached hydrogen (secondary N) is 1. The molecule has 0 aliphatic heterocycles. The van der Waals surface area contributed by atoms with E-state index in [2.05, 4.69) is 10.3 Å². The quantitative estimate of drug-likeness (QED) is 0.671. The Morgan fingerprint density at radius 1 is 1.14 bits per heavy atom. The van der Waals surface area contributed by atoms with Gasteiger partial charge in [-0.2, -0.15) is 0 Å². The summed E-state index contributed by atoms with van der Waals surface area (Å²) in [5.41, 5.74) is 7.14. The molecule has 2 aromatic carbocycles. The van der Waals surface area contributed by atoms with Gasteiger partial charge in [-0.3, -0.25) is 5.32 Å². The average Bonchev–Trinajstić information content (AvgIpc) is 2.54. The Morgan fingerprint density at radius 3 is 2.45 bits per heavy atom. The predicted octanol–water partition coefficient (Wildman–Crippen LogP) is 2.57. The van der Waals surface area contributed by atoms with Crippen LogP contribution in [0, 0.1) is 0 Å². The van der Waals surface area contributed by atoms with Gasteiger partial charge in [0, 0.05) is 0 Å². The molecule has 0 aliphatic carbocycles. The van der Waals surface area contributed by atoms with Crippen LogP contribution in [0.5, 0.6) is 5.75 Å². The van der Waals surface area contributed by atoms with E-state index >= 15 is 0 Å². The van der Waals surface area contributed by atoms with Crippen molar-refractivity contribution in [2.24, 2.45) is 10.7 Å². The maximum atomic E-state index is 11.6. The minimum atomic E-state index is -0.654. The van der Waals surface area contributed by atoms with Crippen LogP contribution in [0.4, 0.5) is 10.5 Å². The zero-order valence-corrected chi connectivity index (χ0v) is 12.2. The van der Waals surface area contributed by atoms with E-state index in [1.807, 2.05) is 30.3 Å². The summed E-state index contributed by atoms with van der Waals surface area (Å²) in [7, 11) is 1.58. The third-order valence-corrected chi connectivity index (χ3v) is 2.76. The molecule has 6 heteroatoms. The lowest BCUT2D eigenvalue weighted by molar-refractivity contribution is 0.145. The van der Waals surface area contributed by atoms with Gasteiger partial charge < -0.3 is 15.2 Å². The molecule has 6 nitrogen and oxygen atoms in total. The first kappa shape index (κ1) is 15.4.